The topological polar surface area (TPSA) is 21.7 Å². The fourth-order valence-corrected chi connectivity index (χ4v) is 4.44. The molecule has 2 aliphatic rings. The Morgan fingerprint density at radius 3 is 2.36 bits per heavy atom. The summed E-state index contributed by atoms with van der Waals surface area (Å²) in [6.07, 6.45) is 6.67. The molecule has 0 aromatic heterocycles. The first-order valence-electron chi connectivity index (χ1n) is 10.5. The first-order chi connectivity index (χ1) is 13.8. The molecule has 2 heterocycles. The lowest BCUT2D eigenvalue weighted by molar-refractivity contribution is -0.172. The third-order valence-electron chi connectivity index (χ3n) is 5.95. The van der Waals surface area contributed by atoms with Gasteiger partial charge in [0.05, 0.1) is 13.2 Å². The Hall–Kier alpha value is -1.94. The lowest BCUT2D eigenvalue weighted by atomic mass is 9.96. The van der Waals surface area contributed by atoms with Crippen LogP contribution in [0.25, 0.3) is 0 Å². The molecule has 148 valence electrons. The van der Waals surface area contributed by atoms with E-state index in [0.29, 0.717) is 19.3 Å². The molecule has 0 N–H and O–H groups in total. The molecule has 2 aromatic rings. The predicted molar refractivity (Wildman–Crippen MR) is 113 cm³/mol. The second-order valence-electron chi connectivity index (χ2n) is 7.98. The molecule has 1 atom stereocenters. The van der Waals surface area contributed by atoms with E-state index in [1.54, 1.807) is 0 Å². The van der Waals surface area contributed by atoms with Gasteiger partial charge in [-0.05, 0) is 38.3 Å². The molecule has 0 amide bonds. The van der Waals surface area contributed by atoms with Crippen LogP contribution in [0.5, 0.6) is 0 Å². The molecule has 1 unspecified atom stereocenters. The molecule has 0 bridgehead atoms. The molecule has 3 nitrogen and oxygen atoms in total. The Bertz CT molecular complexity index is 766. The smallest absolute Gasteiger partial charge is 0.195 e. The zero-order valence-electron chi connectivity index (χ0n) is 16.8. The minimum Gasteiger partial charge on any atom is -0.343 e. The van der Waals surface area contributed by atoms with E-state index in [1.807, 2.05) is 6.07 Å². The summed E-state index contributed by atoms with van der Waals surface area (Å²) in [7, 11) is 0. The maximum Gasteiger partial charge on any atom is 0.195 e. The largest absolute Gasteiger partial charge is 0.343 e. The molecule has 0 saturated carbocycles. The van der Waals surface area contributed by atoms with Gasteiger partial charge in [0.25, 0.3) is 0 Å². The molecule has 1 fully saturated rings. The highest BCUT2D eigenvalue weighted by molar-refractivity contribution is 5.22. The van der Waals surface area contributed by atoms with Crippen molar-refractivity contribution in [1.82, 2.24) is 4.90 Å². The summed E-state index contributed by atoms with van der Waals surface area (Å²) in [5, 5.41) is 0. The Morgan fingerprint density at radius 2 is 1.64 bits per heavy atom. The first-order valence-corrected chi connectivity index (χ1v) is 10.5. The van der Waals surface area contributed by atoms with Crippen molar-refractivity contribution in [2.45, 2.75) is 44.4 Å². The lowest BCUT2D eigenvalue weighted by Crippen LogP contribution is -2.40. The summed E-state index contributed by atoms with van der Waals surface area (Å²) in [4.78, 5) is 2.63. The number of nitrogens with zero attached hydrogens (tertiary/aromatic N) is 1. The molecular formula is C25H31NO2. The van der Waals surface area contributed by atoms with E-state index in [2.05, 4.69) is 72.5 Å². The van der Waals surface area contributed by atoms with E-state index in [9.17, 15) is 0 Å². The van der Waals surface area contributed by atoms with E-state index in [-0.39, 0.29) is 0 Å². The van der Waals surface area contributed by atoms with Gasteiger partial charge in [-0.1, -0.05) is 72.3 Å². The second kappa shape index (κ2) is 9.04. The molecule has 1 saturated heterocycles. The van der Waals surface area contributed by atoms with Crippen molar-refractivity contribution in [1.29, 1.82) is 0 Å². The van der Waals surface area contributed by atoms with Crippen LogP contribution in [-0.2, 0) is 21.7 Å². The Morgan fingerprint density at radius 1 is 0.964 bits per heavy atom. The van der Waals surface area contributed by atoms with E-state index in [4.69, 9.17) is 9.47 Å². The molecule has 4 rings (SSSR count). The van der Waals surface area contributed by atoms with Gasteiger partial charge in [0.2, 0.25) is 0 Å². The number of ether oxygens (including phenoxy) is 2. The quantitative estimate of drug-likeness (QED) is 0.639. The van der Waals surface area contributed by atoms with Gasteiger partial charge in [-0.3, -0.25) is 4.90 Å². The van der Waals surface area contributed by atoms with Gasteiger partial charge in [-0.15, -0.1) is 0 Å². The summed E-state index contributed by atoms with van der Waals surface area (Å²) in [6.45, 7) is 5.83. The molecule has 2 aliphatic heterocycles. The highest BCUT2D eigenvalue weighted by Gasteiger charge is 2.38. The summed E-state index contributed by atoms with van der Waals surface area (Å²) in [6, 6.07) is 21.7. The molecule has 2 aromatic carbocycles. The van der Waals surface area contributed by atoms with Crippen LogP contribution in [0.3, 0.4) is 0 Å². The van der Waals surface area contributed by atoms with Gasteiger partial charge in [-0.25, -0.2) is 0 Å². The van der Waals surface area contributed by atoms with Crippen LogP contribution in [0.2, 0.25) is 0 Å². The van der Waals surface area contributed by atoms with Gasteiger partial charge < -0.3 is 9.47 Å². The number of hydrogen-bond donors (Lipinski definition) is 0. The van der Waals surface area contributed by atoms with E-state index >= 15 is 0 Å². The third-order valence-corrected chi connectivity index (χ3v) is 5.95. The summed E-state index contributed by atoms with van der Waals surface area (Å²) >= 11 is 0. The van der Waals surface area contributed by atoms with Crippen LogP contribution < -0.4 is 0 Å². The fraction of sp³-hybridized carbons (Fsp3) is 0.440. The Balaban J connectivity index is 1.40. The fourth-order valence-electron chi connectivity index (χ4n) is 4.44. The maximum atomic E-state index is 6.10. The van der Waals surface area contributed by atoms with Crippen LogP contribution >= 0.6 is 0 Å². The molecular weight excluding hydrogens is 346 g/mol. The second-order valence-corrected chi connectivity index (χ2v) is 7.98. The summed E-state index contributed by atoms with van der Waals surface area (Å²) in [5.41, 5.74) is 4.06. The highest BCUT2D eigenvalue weighted by Crippen LogP contribution is 2.36. The SMILES string of the molecule is CC1=CC(Cc2ccccc2)N(CCCC2(c3ccccc3)OCCO2)CC1. The van der Waals surface area contributed by atoms with Gasteiger partial charge in [0.15, 0.2) is 5.79 Å². The minimum atomic E-state index is -0.558. The minimum absolute atomic E-state index is 0.481. The number of rotatable bonds is 7. The van der Waals surface area contributed by atoms with Crippen molar-refractivity contribution in [3.63, 3.8) is 0 Å². The summed E-state index contributed by atoms with van der Waals surface area (Å²) < 4.78 is 12.2. The zero-order chi connectivity index (χ0) is 19.2. The van der Waals surface area contributed by atoms with E-state index in [1.165, 1.54) is 17.6 Å². The highest BCUT2D eigenvalue weighted by atomic mass is 16.7. The average Bonchev–Trinajstić information content (AvgIpc) is 3.21. The van der Waals surface area contributed by atoms with Gasteiger partial charge in [0, 0.05) is 24.6 Å². The van der Waals surface area contributed by atoms with Crippen LogP contribution in [0.4, 0.5) is 0 Å². The molecule has 0 radical (unpaired) electrons. The normalized spacial score (nSPS) is 22.2. The number of benzene rings is 2. The Labute approximate surface area is 169 Å². The molecule has 0 aliphatic carbocycles. The van der Waals surface area contributed by atoms with Gasteiger partial charge >= 0.3 is 0 Å². The van der Waals surface area contributed by atoms with Crippen LogP contribution in [0, 0.1) is 0 Å². The van der Waals surface area contributed by atoms with Crippen molar-refractivity contribution >= 4 is 0 Å². The van der Waals surface area contributed by atoms with Crippen molar-refractivity contribution in [3.05, 3.63) is 83.4 Å². The predicted octanol–water partition coefficient (Wildman–Crippen LogP) is 4.93. The monoisotopic (exact) mass is 377 g/mol. The third kappa shape index (κ3) is 4.54. The van der Waals surface area contributed by atoms with Crippen LogP contribution in [-0.4, -0.2) is 37.2 Å². The summed E-state index contributed by atoms with van der Waals surface area (Å²) in [5.74, 6) is -0.558. The molecule has 28 heavy (non-hydrogen) atoms. The first kappa shape index (κ1) is 19.4. The standard InChI is InChI=1S/C25H31NO2/c1-21-13-16-26(24(19-21)20-22-9-4-2-5-10-22)15-8-14-25(27-17-18-28-25)23-11-6-3-7-12-23/h2-7,9-12,19,24H,8,13-18,20H2,1H3. The van der Waals surface area contributed by atoms with Crippen molar-refractivity contribution in [2.24, 2.45) is 0 Å². The van der Waals surface area contributed by atoms with Crippen LogP contribution in [0.15, 0.2) is 72.3 Å². The molecule has 3 heteroatoms. The van der Waals surface area contributed by atoms with E-state index < -0.39 is 5.79 Å². The van der Waals surface area contributed by atoms with Crippen LogP contribution in [0.1, 0.15) is 37.3 Å². The Kier molecular flexibility index (Phi) is 6.26. The maximum absolute atomic E-state index is 6.10. The molecule has 0 spiro atoms. The zero-order valence-corrected chi connectivity index (χ0v) is 16.8. The van der Waals surface area contributed by atoms with Crippen molar-refractivity contribution in [2.75, 3.05) is 26.3 Å². The lowest BCUT2D eigenvalue weighted by Gasteiger charge is -2.35. The van der Waals surface area contributed by atoms with Gasteiger partial charge in [0.1, 0.15) is 0 Å². The van der Waals surface area contributed by atoms with Gasteiger partial charge in [-0.2, -0.15) is 0 Å². The van der Waals surface area contributed by atoms with Crippen molar-refractivity contribution in [3.8, 4) is 0 Å². The number of hydrogen-bond acceptors (Lipinski definition) is 3. The van der Waals surface area contributed by atoms with E-state index in [0.717, 1.165) is 37.9 Å². The van der Waals surface area contributed by atoms with Crippen molar-refractivity contribution < 1.29 is 9.47 Å². The average molecular weight is 378 g/mol.